The molecule has 2 aromatic carbocycles. The molecule has 1 atom stereocenters. The average Bonchev–Trinajstić information content (AvgIpc) is 2.64. The van der Waals surface area contributed by atoms with E-state index < -0.39 is 0 Å². The fraction of sp³-hybridized carbons (Fsp3) is 0.368. The summed E-state index contributed by atoms with van der Waals surface area (Å²) in [6, 6.07) is 6.96. The zero-order chi connectivity index (χ0) is 17.3. The van der Waals surface area contributed by atoms with E-state index in [1.807, 2.05) is 6.07 Å². The Hall–Kier alpha value is -2.11. The summed E-state index contributed by atoms with van der Waals surface area (Å²) in [5, 5.41) is 1.70. The fourth-order valence-electron chi connectivity index (χ4n) is 4.70. The van der Waals surface area contributed by atoms with Crippen LogP contribution in [-0.2, 0) is 0 Å². The Morgan fingerprint density at radius 2 is 1.80 bits per heavy atom. The molecule has 3 saturated heterocycles. The fourth-order valence-corrected chi connectivity index (χ4v) is 4.91. The number of rotatable bonds is 1. The standard InChI is InChI=1S/C19H18ClN3O2/c20-17-11-2-1-3-12-16(11)13(8-14(17)21)19(25)23(18(12)24)15-9-22-6-4-10(15)5-7-22/h1-3,8,10,15H,4-7,9,21H2. The summed E-state index contributed by atoms with van der Waals surface area (Å²) in [4.78, 5) is 30.3. The molecule has 4 aliphatic rings. The van der Waals surface area contributed by atoms with E-state index in [-0.39, 0.29) is 17.9 Å². The van der Waals surface area contributed by atoms with Crippen LogP contribution in [-0.4, -0.2) is 47.3 Å². The van der Waals surface area contributed by atoms with Crippen LogP contribution in [0.2, 0.25) is 5.02 Å². The van der Waals surface area contributed by atoms with Crippen molar-refractivity contribution in [3.05, 3.63) is 40.4 Å². The molecule has 3 fully saturated rings. The molecule has 1 unspecified atom stereocenters. The molecule has 25 heavy (non-hydrogen) atoms. The predicted octanol–water partition coefficient (Wildman–Crippen LogP) is 2.77. The lowest BCUT2D eigenvalue weighted by Crippen LogP contribution is -2.60. The maximum Gasteiger partial charge on any atom is 0.261 e. The molecular formula is C19H18ClN3O2. The molecule has 2 bridgehead atoms. The van der Waals surface area contributed by atoms with Gasteiger partial charge < -0.3 is 10.6 Å². The van der Waals surface area contributed by atoms with Crippen LogP contribution in [0.15, 0.2) is 24.3 Å². The zero-order valence-corrected chi connectivity index (χ0v) is 14.4. The average molecular weight is 356 g/mol. The monoisotopic (exact) mass is 355 g/mol. The second-order valence-corrected chi connectivity index (χ2v) is 7.62. The maximum absolute atomic E-state index is 13.2. The summed E-state index contributed by atoms with van der Waals surface area (Å²) in [5.74, 6) is -0.0539. The van der Waals surface area contributed by atoms with Crippen LogP contribution in [0.4, 0.5) is 5.69 Å². The van der Waals surface area contributed by atoms with Gasteiger partial charge >= 0.3 is 0 Å². The van der Waals surface area contributed by atoms with Gasteiger partial charge in [-0.3, -0.25) is 14.5 Å². The van der Waals surface area contributed by atoms with E-state index in [1.54, 1.807) is 18.2 Å². The van der Waals surface area contributed by atoms with E-state index in [9.17, 15) is 9.59 Å². The van der Waals surface area contributed by atoms with Crippen molar-refractivity contribution in [1.82, 2.24) is 9.80 Å². The quantitative estimate of drug-likeness (QED) is 0.631. The minimum atomic E-state index is -0.240. The summed E-state index contributed by atoms with van der Waals surface area (Å²) < 4.78 is 0. The minimum absolute atomic E-state index is 0.0530. The second-order valence-electron chi connectivity index (χ2n) is 7.24. The first-order valence-corrected chi connectivity index (χ1v) is 9.05. The van der Waals surface area contributed by atoms with E-state index in [2.05, 4.69) is 4.90 Å². The van der Waals surface area contributed by atoms with Crippen molar-refractivity contribution in [3.63, 3.8) is 0 Å². The van der Waals surface area contributed by atoms with Crippen molar-refractivity contribution in [2.45, 2.75) is 18.9 Å². The molecular weight excluding hydrogens is 338 g/mol. The summed E-state index contributed by atoms with van der Waals surface area (Å²) in [7, 11) is 0. The van der Waals surface area contributed by atoms with Crippen LogP contribution < -0.4 is 5.73 Å². The van der Waals surface area contributed by atoms with Gasteiger partial charge in [0, 0.05) is 22.9 Å². The predicted molar refractivity (Wildman–Crippen MR) is 96.8 cm³/mol. The number of hydrogen-bond donors (Lipinski definition) is 1. The number of nitrogens with zero attached hydrogens (tertiary/aromatic N) is 2. The summed E-state index contributed by atoms with van der Waals surface area (Å²) in [6.45, 7) is 2.90. The van der Waals surface area contributed by atoms with Gasteiger partial charge in [-0.05, 0) is 44.0 Å². The van der Waals surface area contributed by atoms with Gasteiger partial charge in [0.2, 0.25) is 0 Å². The van der Waals surface area contributed by atoms with Crippen LogP contribution in [0.25, 0.3) is 10.8 Å². The lowest BCUT2D eigenvalue weighted by atomic mass is 9.81. The molecule has 6 heteroatoms. The van der Waals surface area contributed by atoms with Crippen LogP contribution in [0.1, 0.15) is 33.6 Å². The van der Waals surface area contributed by atoms with Gasteiger partial charge in [0.15, 0.2) is 0 Å². The SMILES string of the molecule is Nc1cc2c3c(cccc3c1Cl)C(=O)N(C1CN3CCC1CC3)C2=O. The number of piperidine rings is 3. The van der Waals surface area contributed by atoms with Gasteiger partial charge in [0.1, 0.15) is 0 Å². The number of halogens is 1. The summed E-state index contributed by atoms with van der Waals surface area (Å²) in [5.41, 5.74) is 7.43. The van der Waals surface area contributed by atoms with Crippen molar-refractivity contribution >= 4 is 39.9 Å². The molecule has 0 saturated carbocycles. The van der Waals surface area contributed by atoms with Crippen LogP contribution in [0.3, 0.4) is 0 Å². The molecule has 6 rings (SSSR count). The number of nitrogen functional groups attached to an aromatic ring is 1. The van der Waals surface area contributed by atoms with Crippen LogP contribution >= 0.6 is 11.6 Å². The summed E-state index contributed by atoms with van der Waals surface area (Å²) in [6.07, 6.45) is 2.09. The number of amides is 2. The number of nitrogens with two attached hydrogens (primary N) is 1. The van der Waals surface area contributed by atoms with Crippen LogP contribution in [0.5, 0.6) is 0 Å². The number of carbonyl (C=O) groups excluding carboxylic acids is 2. The molecule has 0 aromatic heterocycles. The van der Waals surface area contributed by atoms with Crippen molar-refractivity contribution in [2.75, 3.05) is 25.4 Å². The largest absolute Gasteiger partial charge is 0.397 e. The Labute approximate surface area is 150 Å². The zero-order valence-electron chi connectivity index (χ0n) is 13.7. The highest BCUT2D eigenvalue weighted by Gasteiger charge is 2.45. The number of fused-ring (bicyclic) bond motifs is 3. The molecule has 2 aromatic rings. The van der Waals surface area contributed by atoms with E-state index in [0.717, 1.165) is 32.5 Å². The van der Waals surface area contributed by atoms with Gasteiger partial charge in [-0.25, -0.2) is 0 Å². The van der Waals surface area contributed by atoms with E-state index in [0.29, 0.717) is 38.5 Å². The summed E-state index contributed by atoms with van der Waals surface area (Å²) >= 11 is 6.32. The topological polar surface area (TPSA) is 66.6 Å². The van der Waals surface area contributed by atoms with Crippen molar-refractivity contribution in [2.24, 2.45) is 5.92 Å². The number of benzene rings is 2. The third-order valence-corrected chi connectivity index (χ3v) is 6.40. The van der Waals surface area contributed by atoms with Crippen molar-refractivity contribution < 1.29 is 9.59 Å². The Morgan fingerprint density at radius 3 is 2.48 bits per heavy atom. The number of imide groups is 1. The van der Waals surface area contributed by atoms with Gasteiger partial charge in [0.25, 0.3) is 11.8 Å². The second kappa shape index (κ2) is 5.19. The Morgan fingerprint density at radius 1 is 1.08 bits per heavy atom. The molecule has 128 valence electrons. The lowest BCUT2D eigenvalue weighted by Gasteiger charge is -2.49. The third kappa shape index (κ3) is 1.99. The molecule has 2 N–H and O–H groups in total. The molecule has 0 radical (unpaired) electrons. The third-order valence-electron chi connectivity index (χ3n) is 5.98. The highest BCUT2D eigenvalue weighted by atomic mass is 35.5. The first-order valence-electron chi connectivity index (χ1n) is 8.67. The van der Waals surface area contributed by atoms with Gasteiger partial charge in [-0.15, -0.1) is 0 Å². The molecule has 4 aliphatic heterocycles. The maximum atomic E-state index is 13.2. The lowest BCUT2D eigenvalue weighted by molar-refractivity contribution is 0.00882. The number of hydrogen-bond acceptors (Lipinski definition) is 4. The van der Waals surface area contributed by atoms with E-state index in [1.165, 1.54) is 4.90 Å². The van der Waals surface area contributed by atoms with Crippen molar-refractivity contribution in [3.8, 4) is 0 Å². The number of carbonyl (C=O) groups is 2. The van der Waals surface area contributed by atoms with Crippen LogP contribution in [0, 0.1) is 5.92 Å². The van der Waals surface area contributed by atoms with E-state index >= 15 is 0 Å². The first kappa shape index (κ1) is 15.2. The normalized spacial score (nSPS) is 28.0. The van der Waals surface area contributed by atoms with E-state index in [4.69, 9.17) is 17.3 Å². The van der Waals surface area contributed by atoms with Gasteiger partial charge in [-0.2, -0.15) is 0 Å². The molecule has 4 heterocycles. The Bertz CT molecular complexity index is 934. The molecule has 0 spiro atoms. The van der Waals surface area contributed by atoms with Gasteiger partial charge in [-0.1, -0.05) is 23.7 Å². The smallest absolute Gasteiger partial charge is 0.261 e. The highest BCUT2D eigenvalue weighted by Crippen LogP contribution is 2.40. The molecule has 0 aliphatic carbocycles. The molecule has 2 amide bonds. The Balaban J connectivity index is 1.70. The Kier molecular flexibility index (Phi) is 3.15. The molecule has 5 nitrogen and oxygen atoms in total. The first-order chi connectivity index (χ1) is 12.1. The minimum Gasteiger partial charge on any atom is -0.397 e. The highest BCUT2D eigenvalue weighted by molar-refractivity contribution is 6.40. The van der Waals surface area contributed by atoms with Gasteiger partial charge in [0.05, 0.1) is 22.3 Å². The number of anilines is 1. The van der Waals surface area contributed by atoms with Crippen molar-refractivity contribution in [1.29, 1.82) is 0 Å².